The molecule has 0 radical (unpaired) electrons. The van der Waals surface area contributed by atoms with Crippen LogP contribution in [0, 0.1) is 11.8 Å². The Balaban J connectivity index is 2.04. The molecule has 7 nitrogen and oxygen atoms in total. The van der Waals surface area contributed by atoms with Crippen molar-refractivity contribution in [3.63, 3.8) is 0 Å². The summed E-state index contributed by atoms with van der Waals surface area (Å²) in [6.45, 7) is 2.66. The van der Waals surface area contributed by atoms with Gasteiger partial charge in [-0.2, -0.15) is 4.91 Å². The zero-order valence-electron chi connectivity index (χ0n) is 19.3. The summed E-state index contributed by atoms with van der Waals surface area (Å²) in [5, 5.41) is 3.99. The molecule has 2 unspecified atom stereocenters. The summed E-state index contributed by atoms with van der Waals surface area (Å²) < 4.78 is 30.4. The van der Waals surface area contributed by atoms with E-state index in [2.05, 4.69) is 5.18 Å². The van der Waals surface area contributed by atoms with Crippen LogP contribution in [0.1, 0.15) is 40.6 Å². The van der Waals surface area contributed by atoms with Crippen molar-refractivity contribution >= 4 is 21.4 Å². The second-order valence-electron chi connectivity index (χ2n) is 8.24. The Labute approximate surface area is 204 Å². The second-order valence-corrected chi connectivity index (χ2v) is 10.7. The van der Waals surface area contributed by atoms with Gasteiger partial charge < -0.3 is 9.30 Å². The highest BCUT2D eigenvalue weighted by molar-refractivity contribution is 7.90. The van der Waals surface area contributed by atoms with Crippen LogP contribution in [-0.2, 0) is 21.1 Å². The Kier molecular flexibility index (Phi) is 8.41. The Morgan fingerprint density at radius 2 is 1.74 bits per heavy atom. The molecule has 0 aliphatic carbocycles. The number of ether oxygens (including phenoxy) is 1. The van der Waals surface area contributed by atoms with Crippen molar-refractivity contribution in [2.24, 2.45) is 5.18 Å². The predicted molar refractivity (Wildman–Crippen MR) is 133 cm³/mol. The van der Waals surface area contributed by atoms with Gasteiger partial charge in [0.15, 0.2) is 9.84 Å². The molecule has 3 aromatic rings. The number of sulfone groups is 1. The number of benzene rings is 2. The van der Waals surface area contributed by atoms with E-state index in [0.29, 0.717) is 30.2 Å². The second kappa shape index (κ2) is 11.1. The lowest BCUT2D eigenvalue weighted by Crippen LogP contribution is -2.22. The SMILES string of the molecule is COCCn1cc(C(CC(c2ccc(S(C)(=O)=O)cc2)c2ccc(Cl)cc2C)N=O)ccc1=O. The normalized spacial score (nSPS) is 13.4. The summed E-state index contributed by atoms with van der Waals surface area (Å²) in [7, 11) is -1.79. The van der Waals surface area contributed by atoms with Gasteiger partial charge in [-0.25, -0.2) is 8.42 Å². The highest BCUT2D eigenvalue weighted by atomic mass is 35.5. The maximum absolute atomic E-state index is 12.2. The van der Waals surface area contributed by atoms with Gasteiger partial charge in [-0.05, 0) is 65.9 Å². The molecular formula is C25H27ClN2O5S. The number of aryl methyl sites for hydroxylation is 1. The molecule has 0 N–H and O–H groups in total. The third-order valence-electron chi connectivity index (χ3n) is 5.83. The topological polar surface area (TPSA) is 94.8 Å². The summed E-state index contributed by atoms with van der Waals surface area (Å²) in [6, 6.07) is 14.5. The molecule has 34 heavy (non-hydrogen) atoms. The van der Waals surface area contributed by atoms with Gasteiger partial charge in [-0.15, -0.1) is 0 Å². The van der Waals surface area contributed by atoms with Crippen LogP contribution in [0.25, 0.3) is 0 Å². The maximum atomic E-state index is 12.2. The number of nitrogens with zero attached hydrogens (tertiary/aromatic N) is 2. The van der Waals surface area contributed by atoms with Gasteiger partial charge in [-0.1, -0.05) is 35.0 Å². The fraction of sp³-hybridized carbons (Fsp3) is 0.320. The van der Waals surface area contributed by atoms with Crippen molar-refractivity contribution in [1.82, 2.24) is 4.57 Å². The van der Waals surface area contributed by atoms with Crippen molar-refractivity contribution < 1.29 is 13.2 Å². The first-order chi connectivity index (χ1) is 16.1. The molecule has 1 heterocycles. The standard InChI is InChI=1S/C25H27ClN2O5S/c1-17-14-20(26)7-10-22(17)23(18-4-8-21(9-5-18)34(3,31)32)15-24(27-30)19-6-11-25(29)28(16-19)12-13-33-2/h4-11,14,16,23-24H,12-13,15H2,1-3H3. The molecule has 1 aromatic heterocycles. The molecule has 0 aliphatic rings. The Bertz CT molecular complexity index is 1320. The molecule has 0 saturated heterocycles. The van der Waals surface area contributed by atoms with Crippen LogP contribution >= 0.6 is 11.6 Å². The molecule has 2 aromatic carbocycles. The van der Waals surface area contributed by atoms with Crippen LogP contribution in [0.3, 0.4) is 0 Å². The number of aromatic nitrogens is 1. The number of methoxy groups -OCH3 is 1. The Morgan fingerprint density at radius 1 is 1.06 bits per heavy atom. The maximum Gasteiger partial charge on any atom is 0.250 e. The van der Waals surface area contributed by atoms with Crippen molar-refractivity contribution in [2.75, 3.05) is 20.0 Å². The van der Waals surface area contributed by atoms with E-state index in [4.69, 9.17) is 16.3 Å². The number of rotatable bonds is 10. The van der Waals surface area contributed by atoms with Gasteiger partial charge in [0, 0.05) is 43.1 Å². The van der Waals surface area contributed by atoms with E-state index >= 15 is 0 Å². The predicted octanol–water partition coefficient (Wildman–Crippen LogP) is 4.89. The van der Waals surface area contributed by atoms with Gasteiger partial charge in [0.25, 0.3) is 5.56 Å². The summed E-state index contributed by atoms with van der Waals surface area (Å²) in [4.78, 5) is 24.4. The van der Waals surface area contributed by atoms with E-state index in [1.807, 2.05) is 19.1 Å². The fourth-order valence-electron chi connectivity index (χ4n) is 3.99. The molecule has 2 atom stereocenters. The fourth-order valence-corrected chi connectivity index (χ4v) is 4.85. The average molecular weight is 503 g/mol. The van der Waals surface area contributed by atoms with Crippen molar-refractivity contribution in [1.29, 1.82) is 0 Å². The molecule has 0 spiro atoms. The van der Waals surface area contributed by atoms with E-state index in [1.165, 1.54) is 10.6 Å². The number of pyridine rings is 1. The number of nitroso groups, excluding NO2 is 1. The Hall–Kier alpha value is -2.81. The van der Waals surface area contributed by atoms with Gasteiger partial charge in [0.05, 0.1) is 11.5 Å². The molecule has 3 rings (SSSR count). The quantitative estimate of drug-likeness (QED) is 0.368. The lowest BCUT2D eigenvalue weighted by atomic mass is 9.83. The van der Waals surface area contributed by atoms with Crippen molar-refractivity contribution in [2.45, 2.75) is 36.7 Å². The van der Waals surface area contributed by atoms with Crippen LogP contribution in [0.5, 0.6) is 0 Å². The van der Waals surface area contributed by atoms with Crippen LogP contribution < -0.4 is 5.56 Å². The Morgan fingerprint density at radius 3 is 2.32 bits per heavy atom. The average Bonchev–Trinajstić information content (AvgIpc) is 2.80. The van der Waals surface area contributed by atoms with Gasteiger partial charge in [0.1, 0.15) is 6.04 Å². The molecule has 0 saturated carbocycles. The molecule has 180 valence electrons. The van der Waals surface area contributed by atoms with Crippen LogP contribution in [0.4, 0.5) is 0 Å². The number of halogens is 1. The van der Waals surface area contributed by atoms with Gasteiger partial charge >= 0.3 is 0 Å². The van der Waals surface area contributed by atoms with Crippen LogP contribution in [0.2, 0.25) is 5.02 Å². The zero-order valence-corrected chi connectivity index (χ0v) is 20.8. The molecule has 9 heteroatoms. The highest BCUT2D eigenvalue weighted by Gasteiger charge is 2.24. The summed E-state index contributed by atoms with van der Waals surface area (Å²) in [5.41, 5.74) is 3.18. The number of hydrogen-bond donors (Lipinski definition) is 0. The summed E-state index contributed by atoms with van der Waals surface area (Å²) in [6.07, 6.45) is 3.13. The first kappa shape index (κ1) is 25.8. The van der Waals surface area contributed by atoms with E-state index in [1.54, 1.807) is 49.7 Å². The van der Waals surface area contributed by atoms with Crippen LogP contribution in [-0.4, -0.2) is 33.0 Å². The molecule has 0 aliphatic heterocycles. The number of hydrogen-bond acceptors (Lipinski definition) is 6. The molecule has 0 fully saturated rings. The van der Waals surface area contributed by atoms with Crippen LogP contribution in [0.15, 0.2) is 75.7 Å². The minimum absolute atomic E-state index is 0.188. The summed E-state index contributed by atoms with van der Waals surface area (Å²) >= 11 is 6.16. The third-order valence-corrected chi connectivity index (χ3v) is 7.20. The van der Waals surface area contributed by atoms with E-state index < -0.39 is 15.9 Å². The molecular weight excluding hydrogens is 476 g/mol. The largest absolute Gasteiger partial charge is 0.383 e. The molecule has 0 amide bonds. The zero-order chi connectivity index (χ0) is 24.9. The first-order valence-corrected chi connectivity index (χ1v) is 13.0. The summed E-state index contributed by atoms with van der Waals surface area (Å²) in [5.74, 6) is -0.257. The lowest BCUT2D eigenvalue weighted by molar-refractivity contribution is 0.186. The monoisotopic (exact) mass is 502 g/mol. The lowest BCUT2D eigenvalue weighted by Gasteiger charge is -2.23. The van der Waals surface area contributed by atoms with Crippen molar-refractivity contribution in [3.8, 4) is 0 Å². The van der Waals surface area contributed by atoms with Crippen molar-refractivity contribution in [3.05, 3.63) is 103 Å². The third kappa shape index (κ3) is 6.20. The highest BCUT2D eigenvalue weighted by Crippen LogP contribution is 2.38. The van der Waals surface area contributed by atoms with E-state index in [9.17, 15) is 18.1 Å². The van der Waals surface area contributed by atoms with E-state index in [-0.39, 0.29) is 16.4 Å². The smallest absolute Gasteiger partial charge is 0.250 e. The van der Waals surface area contributed by atoms with E-state index in [0.717, 1.165) is 22.9 Å². The van der Waals surface area contributed by atoms with Gasteiger partial charge in [-0.3, -0.25) is 4.79 Å². The van der Waals surface area contributed by atoms with Gasteiger partial charge in [0.2, 0.25) is 0 Å². The minimum atomic E-state index is -3.34. The first-order valence-electron chi connectivity index (χ1n) is 10.7. The molecule has 0 bridgehead atoms. The minimum Gasteiger partial charge on any atom is -0.383 e.